The molecule has 1 aromatic rings. The quantitative estimate of drug-likeness (QED) is 0.823. The fraction of sp³-hybridized carbons (Fsp3) is 0.500. The summed E-state index contributed by atoms with van der Waals surface area (Å²) in [7, 11) is 1.88. The summed E-state index contributed by atoms with van der Waals surface area (Å²) in [6.45, 7) is 2.45. The number of anilines is 1. The second kappa shape index (κ2) is 8.03. The van der Waals surface area contributed by atoms with Gasteiger partial charge in [0.15, 0.2) is 0 Å². The lowest BCUT2D eigenvalue weighted by atomic mass is 10.2. The maximum atomic E-state index is 12.0. The molecular formula is C14H22N2OS. The van der Waals surface area contributed by atoms with E-state index >= 15 is 0 Å². The molecule has 100 valence electrons. The second-order valence-corrected chi connectivity index (χ2v) is 5.34. The molecule has 0 aromatic heterocycles. The van der Waals surface area contributed by atoms with Crippen LogP contribution in [0.25, 0.3) is 0 Å². The molecule has 1 atom stereocenters. The van der Waals surface area contributed by atoms with E-state index in [1.54, 1.807) is 0 Å². The number of thioether (sulfide) groups is 1. The molecule has 0 saturated carbocycles. The first-order valence-electron chi connectivity index (χ1n) is 6.18. The SMILES string of the molecule is CSCCC(C)N(C)C(=O)CNc1ccccc1. The molecular weight excluding hydrogens is 244 g/mol. The van der Waals surface area contributed by atoms with Gasteiger partial charge in [0.05, 0.1) is 6.54 Å². The zero-order valence-electron chi connectivity index (χ0n) is 11.3. The zero-order valence-corrected chi connectivity index (χ0v) is 12.2. The number of hydrogen-bond donors (Lipinski definition) is 1. The molecule has 1 unspecified atom stereocenters. The van der Waals surface area contributed by atoms with Crippen molar-refractivity contribution in [3.8, 4) is 0 Å². The number of carbonyl (C=O) groups excluding carboxylic acids is 1. The second-order valence-electron chi connectivity index (χ2n) is 4.35. The van der Waals surface area contributed by atoms with Crippen molar-refractivity contribution in [3.05, 3.63) is 30.3 Å². The van der Waals surface area contributed by atoms with Crippen LogP contribution in [0.2, 0.25) is 0 Å². The lowest BCUT2D eigenvalue weighted by Crippen LogP contribution is -2.39. The molecule has 3 nitrogen and oxygen atoms in total. The van der Waals surface area contributed by atoms with Gasteiger partial charge in [0.1, 0.15) is 0 Å². The summed E-state index contributed by atoms with van der Waals surface area (Å²) in [6, 6.07) is 10.1. The monoisotopic (exact) mass is 266 g/mol. The van der Waals surface area contributed by atoms with Crippen molar-refractivity contribution >= 4 is 23.4 Å². The van der Waals surface area contributed by atoms with Crippen molar-refractivity contribution in [2.75, 3.05) is 30.9 Å². The van der Waals surface area contributed by atoms with Crippen LogP contribution in [0, 0.1) is 0 Å². The first kappa shape index (κ1) is 14.9. The largest absolute Gasteiger partial charge is 0.376 e. The molecule has 0 saturated heterocycles. The highest BCUT2D eigenvalue weighted by atomic mass is 32.2. The molecule has 1 rings (SSSR count). The Morgan fingerprint density at radius 2 is 2.06 bits per heavy atom. The Bertz CT molecular complexity index is 356. The van der Waals surface area contributed by atoms with Gasteiger partial charge in [-0.2, -0.15) is 11.8 Å². The predicted molar refractivity (Wildman–Crippen MR) is 80.2 cm³/mol. The van der Waals surface area contributed by atoms with Gasteiger partial charge >= 0.3 is 0 Å². The standard InChI is InChI=1S/C14H22N2OS/c1-12(9-10-18-3)16(2)14(17)11-15-13-7-5-4-6-8-13/h4-8,12,15H,9-11H2,1-3H3. The fourth-order valence-electron chi connectivity index (χ4n) is 1.59. The molecule has 0 fully saturated rings. The van der Waals surface area contributed by atoms with Gasteiger partial charge in [-0.25, -0.2) is 0 Å². The van der Waals surface area contributed by atoms with E-state index in [9.17, 15) is 4.79 Å². The topological polar surface area (TPSA) is 32.3 Å². The van der Waals surface area contributed by atoms with Crippen molar-refractivity contribution in [1.82, 2.24) is 4.90 Å². The molecule has 0 aliphatic heterocycles. The van der Waals surface area contributed by atoms with E-state index in [0.717, 1.165) is 17.9 Å². The maximum Gasteiger partial charge on any atom is 0.241 e. The zero-order chi connectivity index (χ0) is 13.4. The first-order valence-corrected chi connectivity index (χ1v) is 7.58. The molecule has 0 heterocycles. The van der Waals surface area contributed by atoms with Crippen LogP contribution in [0.15, 0.2) is 30.3 Å². The van der Waals surface area contributed by atoms with Gasteiger partial charge in [0.25, 0.3) is 0 Å². The van der Waals surface area contributed by atoms with Crippen LogP contribution in [0.5, 0.6) is 0 Å². The third-order valence-corrected chi connectivity index (χ3v) is 3.66. The highest BCUT2D eigenvalue weighted by molar-refractivity contribution is 7.98. The normalized spacial score (nSPS) is 11.9. The van der Waals surface area contributed by atoms with Crippen molar-refractivity contribution in [2.24, 2.45) is 0 Å². The summed E-state index contributed by atoms with van der Waals surface area (Å²) >= 11 is 1.82. The van der Waals surface area contributed by atoms with Gasteiger partial charge in [-0.3, -0.25) is 4.79 Å². The Balaban J connectivity index is 2.36. The lowest BCUT2D eigenvalue weighted by Gasteiger charge is -2.25. The predicted octanol–water partition coefficient (Wildman–Crippen LogP) is 2.70. The molecule has 1 amide bonds. The number of carbonyl (C=O) groups is 1. The van der Waals surface area contributed by atoms with E-state index in [-0.39, 0.29) is 5.91 Å². The Hall–Kier alpha value is -1.16. The van der Waals surface area contributed by atoms with Gasteiger partial charge in [-0.15, -0.1) is 0 Å². The number of hydrogen-bond acceptors (Lipinski definition) is 3. The van der Waals surface area contributed by atoms with E-state index in [4.69, 9.17) is 0 Å². The van der Waals surface area contributed by atoms with E-state index in [1.807, 2.05) is 54.0 Å². The van der Waals surface area contributed by atoms with Gasteiger partial charge < -0.3 is 10.2 Å². The fourth-order valence-corrected chi connectivity index (χ4v) is 2.16. The van der Waals surface area contributed by atoms with Crippen LogP contribution >= 0.6 is 11.8 Å². The maximum absolute atomic E-state index is 12.0. The summed E-state index contributed by atoms with van der Waals surface area (Å²) in [5.74, 6) is 1.22. The third-order valence-electron chi connectivity index (χ3n) is 3.01. The summed E-state index contributed by atoms with van der Waals surface area (Å²) < 4.78 is 0. The molecule has 0 radical (unpaired) electrons. The Morgan fingerprint density at radius 1 is 1.39 bits per heavy atom. The minimum absolute atomic E-state index is 0.132. The van der Waals surface area contributed by atoms with E-state index < -0.39 is 0 Å². The van der Waals surface area contributed by atoms with Gasteiger partial charge in [-0.05, 0) is 37.5 Å². The van der Waals surface area contributed by atoms with E-state index in [2.05, 4.69) is 18.5 Å². The first-order chi connectivity index (χ1) is 8.65. The summed E-state index contributed by atoms with van der Waals surface area (Å²) in [4.78, 5) is 13.8. The summed E-state index contributed by atoms with van der Waals surface area (Å²) in [6.07, 6.45) is 3.13. The third kappa shape index (κ3) is 5.00. The van der Waals surface area contributed by atoms with Crippen molar-refractivity contribution in [1.29, 1.82) is 0 Å². The molecule has 0 aliphatic carbocycles. The van der Waals surface area contributed by atoms with Gasteiger partial charge in [0.2, 0.25) is 5.91 Å². The number of rotatable bonds is 7. The smallest absolute Gasteiger partial charge is 0.241 e. The number of likely N-dealkylation sites (N-methyl/N-ethyl adjacent to an activating group) is 1. The van der Waals surface area contributed by atoms with Gasteiger partial charge in [-0.1, -0.05) is 18.2 Å². The average molecular weight is 266 g/mol. The number of nitrogens with one attached hydrogen (secondary N) is 1. The van der Waals surface area contributed by atoms with Crippen molar-refractivity contribution < 1.29 is 4.79 Å². The minimum atomic E-state index is 0.132. The van der Waals surface area contributed by atoms with E-state index in [0.29, 0.717) is 12.6 Å². The summed E-state index contributed by atoms with van der Waals surface area (Å²) in [5.41, 5.74) is 0.982. The highest BCUT2D eigenvalue weighted by Crippen LogP contribution is 2.08. The lowest BCUT2D eigenvalue weighted by molar-refractivity contribution is -0.129. The minimum Gasteiger partial charge on any atom is -0.376 e. The highest BCUT2D eigenvalue weighted by Gasteiger charge is 2.14. The van der Waals surface area contributed by atoms with Crippen LogP contribution in [-0.2, 0) is 4.79 Å². The van der Waals surface area contributed by atoms with Crippen LogP contribution in [0.1, 0.15) is 13.3 Å². The van der Waals surface area contributed by atoms with Gasteiger partial charge in [0, 0.05) is 18.8 Å². The van der Waals surface area contributed by atoms with Crippen LogP contribution < -0.4 is 5.32 Å². The Morgan fingerprint density at radius 3 is 2.67 bits per heavy atom. The van der Waals surface area contributed by atoms with Crippen LogP contribution in [-0.4, -0.2) is 42.4 Å². The number of nitrogens with zero attached hydrogens (tertiary/aromatic N) is 1. The molecule has 0 aliphatic rings. The van der Waals surface area contributed by atoms with Crippen LogP contribution in [0.4, 0.5) is 5.69 Å². The molecule has 0 spiro atoms. The number of amides is 1. The molecule has 0 bridgehead atoms. The van der Waals surface area contributed by atoms with E-state index in [1.165, 1.54) is 0 Å². The molecule has 18 heavy (non-hydrogen) atoms. The molecule has 1 N–H and O–H groups in total. The number of para-hydroxylation sites is 1. The van der Waals surface area contributed by atoms with Crippen molar-refractivity contribution in [3.63, 3.8) is 0 Å². The van der Waals surface area contributed by atoms with Crippen molar-refractivity contribution in [2.45, 2.75) is 19.4 Å². The van der Waals surface area contributed by atoms with Crippen LogP contribution in [0.3, 0.4) is 0 Å². The summed E-state index contributed by atoms with van der Waals surface area (Å²) in [5, 5.41) is 3.14. The molecule has 4 heteroatoms. The molecule has 1 aromatic carbocycles. The Labute approximate surface area is 114 Å². The Kier molecular flexibility index (Phi) is 6.65. The number of benzene rings is 1. The average Bonchev–Trinajstić information content (AvgIpc) is 2.42.